The molecule has 0 saturated carbocycles. The minimum atomic E-state index is 0.875. The van der Waals surface area contributed by atoms with Crippen molar-refractivity contribution in [2.45, 2.75) is 0 Å². The van der Waals surface area contributed by atoms with Crippen LogP contribution in [0.1, 0.15) is 0 Å². The molecule has 0 aliphatic heterocycles. The van der Waals surface area contributed by atoms with Crippen molar-refractivity contribution < 1.29 is 4.42 Å². The fourth-order valence-electron chi connectivity index (χ4n) is 7.68. The molecule has 0 N–H and O–H groups in total. The standard InChI is InChI=1S/C46H29NO/c1-2-12-30(13-3-1)31-14-10-15-32(28-31)47(33-24-25-39-38-20-8-9-23-44(38)48-45(39)29-33)43-27-26-41-37-19-7-5-17-35(37)34-16-4-6-18-36(34)40-21-11-22-42(43)46(40)41/h1-29H. The maximum Gasteiger partial charge on any atom is 0.137 e. The van der Waals surface area contributed by atoms with Crippen molar-refractivity contribution in [2.24, 2.45) is 0 Å². The average Bonchev–Trinajstić information content (AvgIpc) is 3.48. The van der Waals surface area contributed by atoms with Gasteiger partial charge in [-0.2, -0.15) is 0 Å². The summed E-state index contributed by atoms with van der Waals surface area (Å²) in [6, 6.07) is 63.4. The Hall–Kier alpha value is -6.38. The predicted octanol–water partition coefficient (Wildman–Crippen LogP) is 13.2. The van der Waals surface area contributed by atoms with Crippen molar-refractivity contribution in [3.63, 3.8) is 0 Å². The van der Waals surface area contributed by atoms with Crippen LogP contribution in [0.15, 0.2) is 180 Å². The van der Waals surface area contributed by atoms with E-state index >= 15 is 0 Å². The van der Waals surface area contributed by atoms with E-state index in [4.69, 9.17) is 4.42 Å². The van der Waals surface area contributed by atoms with Crippen molar-refractivity contribution in [3.05, 3.63) is 176 Å². The monoisotopic (exact) mass is 611 g/mol. The van der Waals surface area contributed by atoms with E-state index in [2.05, 4.69) is 169 Å². The lowest BCUT2D eigenvalue weighted by atomic mass is 9.92. The van der Waals surface area contributed by atoms with E-state index < -0.39 is 0 Å². The maximum atomic E-state index is 6.43. The third-order valence-electron chi connectivity index (χ3n) is 9.82. The first-order valence-electron chi connectivity index (χ1n) is 16.4. The fraction of sp³-hybridized carbons (Fsp3) is 0. The zero-order valence-corrected chi connectivity index (χ0v) is 26.1. The summed E-state index contributed by atoms with van der Waals surface area (Å²) < 4.78 is 6.43. The number of benzene rings is 8. The second-order valence-corrected chi connectivity index (χ2v) is 12.5. The van der Waals surface area contributed by atoms with Gasteiger partial charge in [0.25, 0.3) is 0 Å². The number of fused-ring (bicyclic) bond motifs is 8. The SMILES string of the molecule is c1ccc(-c2cccc(N(c3ccc4c(c3)oc3ccccc34)c3ccc4c5c(cccc35)-c3ccccc3-c3ccccc3-4)c2)cc1. The summed E-state index contributed by atoms with van der Waals surface area (Å²) in [5, 5.41) is 4.72. The van der Waals surface area contributed by atoms with E-state index in [0.29, 0.717) is 0 Å². The molecule has 2 heteroatoms. The van der Waals surface area contributed by atoms with Gasteiger partial charge in [-0.25, -0.2) is 0 Å². The highest BCUT2D eigenvalue weighted by atomic mass is 16.3. The van der Waals surface area contributed by atoms with Gasteiger partial charge < -0.3 is 9.32 Å². The molecule has 0 spiro atoms. The van der Waals surface area contributed by atoms with Crippen LogP contribution < -0.4 is 4.90 Å². The molecule has 224 valence electrons. The lowest BCUT2D eigenvalue weighted by Crippen LogP contribution is -2.11. The molecule has 8 aromatic carbocycles. The van der Waals surface area contributed by atoms with E-state index in [1.807, 2.05) is 12.1 Å². The molecule has 0 saturated heterocycles. The van der Waals surface area contributed by atoms with Crippen molar-refractivity contribution in [3.8, 4) is 44.5 Å². The lowest BCUT2D eigenvalue weighted by molar-refractivity contribution is 0.669. The Kier molecular flexibility index (Phi) is 5.91. The van der Waals surface area contributed by atoms with Gasteiger partial charge in [-0.1, -0.05) is 133 Å². The van der Waals surface area contributed by atoms with E-state index in [0.717, 1.165) is 39.0 Å². The number of para-hydroxylation sites is 1. The van der Waals surface area contributed by atoms with E-state index in [1.165, 1.54) is 55.3 Å². The molecule has 10 rings (SSSR count). The van der Waals surface area contributed by atoms with Gasteiger partial charge in [-0.15, -0.1) is 0 Å². The summed E-state index contributed by atoms with van der Waals surface area (Å²) in [5.74, 6) is 0. The van der Waals surface area contributed by atoms with Crippen LogP contribution in [-0.2, 0) is 0 Å². The molecule has 1 aliphatic carbocycles. The molecule has 0 atom stereocenters. The third kappa shape index (κ3) is 4.06. The number of nitrogens with zero attached hydrogens (tertiary/aromatic N) is 1. The predicted molar refractivity (Wildman–Crippen MR) is 201 cm³/mol. The van der Waals surface area contributed by atoms with Crippen LogP contribution in [0.3, 0.4) is 0 Å². The second kappa shape index (κ2) is 10.6. The van der Waals surface area contributed by atoms with Crippen LogP contribution in [0.4, 0.5) is 17.1 Å². The van der Waals surface area contributed by atoms with Gasteiger partial charge in [-0.3, -0.25) is 0 Å². The lowest BCUT2D eigenvalue weighted by Gasteiger charge is -2.28. The first kappa shape index (κ1) is 26.8. The molecule has 9 aromatic rings. The second-order valence-electron chi connectivity index (χ2n) is 12.5. The van der Waals surface area contributed by atoms with Crippen molar-refractivity contribution in [1.29, 1.82) is 0 Å². The highest BCUT2D eigenvalue weighted by molar-refractivity contribution is 6.17. The van der Waals surface area contributed by atoms with Gasteiger partial charge in [0.05, 0.1) is 5.69 Å². The van der Waals surface area contributed by atoms with E-state index in [9.17, 15) is 0 Å². The molecule has 0 fully saturated rings. The Morgan fingerprint density at radius 3 is 1.69 bits per heavy atom. The van der Waals surface area contributed by atoms with Crippen LogP contribution in [-0.4, -0.2) is 0 Å². The summed E-state index contributed by atoms with van der Waals surface area (Å²) in [7, 11) is 0. The van der Waals surface area contributed by atoms with Gasteiger partial charge in [-0.05, 0) is 86.3 Å². The third-order valence-corrected chi connectivity index (χ3v) is 9.82. The molecule has 0 unspecified atom stereocenters. The summed E-state index contributed by atoms with van der Waals surface area (Å²) in [5.41, 5.74) is 14.9. The Bertz CT molecular complexity index is 2630. The van der Waals surface area contributed by atoms with E-state index in [1.54, 1.807) is 0 Å². The minimum absolute atomic E-state index is 0.875. The van der Waals surface area contributed by atoms with Crippen LogP contribution in [0.25, 0.3) is 77.2 Å². The molecule has 0 bridgehead atoms. The molecule has 0 radical (unpaired) electrons. The Labute approximate surface area is 278 Å². The number of hydrogen-bond acceptors (Lipinski definition) is 2. The van der Waals surface area contributed by atoms with Crippen LogP contribution in [0, 0.1) is 0 Å². The smallest absolute Gasteiger partial charge is 0.137 e. The molecule has 1 heterocycles. The van der Waals surface area contributed by atoms with Crippen molar-refractivity contribution >= 4 is 49.8 Å². The summed E-state index contributed by atoms with van der Waals surface area (Å²) in [6.45, 7) is 0. The van der Waals surface area contributed by atoms with Crippen molar-refractivity contribution in [2.75, 3.05) is 4.90 Å². The minimum Gasteiger partial charge on any atom is -0.456 e. The average molecular weight is 612 g/mol. The number of anilines is 3. The zero-order chi connectivity index (χ0) is 31.6. The number of rotatable bonds is 4. The topological polar surface area (TPSA) is 16.4 Å². The Morgan fingerprint density at radius 1 is 0.333 bits per heavy atom. The Balaban J connectivity index is 1.27. The molecule has 1 aliphatic rings. The summed E-state index contributed by atoms with van der Waals surface area (Å²) in [6.07, 6.45) is 0. The largest absolute Gasteiger partial charge is 0.456 e. The molecule has 48 heavy (non-hydrogen) atoms. The molecule has 0 amide bonds. The normalized spacial score (nSPS) is 11.8. The van der Waals surface area contributed by atoms with Crippen LogP contribution in [0.5, 0.6) is 0 Å². The summed E-state index contributed by atoms with van der Waals surface area (Å²) >= 11 is 0. The molecule has 1 aromatic heterocycles. The first-order chi connectivity index (χ1) is 23.8. The quantitative estimate of drug-likeness (QED) is 0.197. The van der Waals surface area contributed by atoms with Crippen LogP contribution in [0.2, 0.25) is 0 Å². The van der Waals surface area contributed by atoms with Crippen LogP contribution >= 0.6 is 0 Å². The van der Waals surface area contributed by atoms with Gasteiger partial charge in [0, 0.05) is 33.6 Å². The maximum absolute atomic E-state index is 6.43. The molecular formula is C46H29NO. The van der Waals surface area contributed by atoms with Gasteiger partial charge in [0.15, 0.2) is 0 Å². The van der Waals surface area contributed by atoms with E-state index in [-0.39, 0.29) is 0 Å². The summed E-state index contributed by atoms with van der Waals surface area (Å²) in [4.78, 5) is 2.39. The van der Waals surface area contributed by atoms with Gasteiger partial charge in [0.2, 0.25) is 0 Å². The van der Waals surface area contributed by atoms with Gasteiger partial charge in [0.1, 0.15) is 11.2 Å². The highest BCUT2D eigenvalue weighted by Gasteiger charge is 2.25. The molecule has 2 nitrogen and oxygen atoms in total. The number of hydrogen-bond donors (Lipinski definition) is 0. The Morgan fingerprint density at radius 2 is 0.896 bits per heavy atom. The first-order valence-corrected chi connectivity index (χ1v) is 16.4. The fourth-order valence-corrected chi connectivity index (χ4v) is 7.68. The highest BCUT2D eigenvalue weighted by Crippen LogP contribution is 2.51. The van der Waals surface area contributed by atoms with Gasteiger partial charge >= 0.3 is 0 Å². The molecular weight excluding hydrogens is 583 g/mol. The number of furan rings is 1. The van der Waals surface area contributed by atoms with Crippen molar-refractivity contribution in [1.82, 2.24) is 0 Å². The zero-order valence-electron chi connectivity index (χ0n) is 26.1.